The normalized spacial score (nSPS) is 43.7. The van der Waals surface area contributed by atoms with Crippen molar-refractivity contribution in [3.05, 3.63) is 22.4 Å². The second-order valence-electron chi connectivity index (χ2n) is 6.17. The van der Waals surface area contributed by atoms with Gasteiger partial charge in [-0.15, -0.1) is 0 Å². The first-order valence-corrected chi connectivity index (χ1v) is 7.80. The lowest BCUT2D eigenvalue weighted by molar-refractivity contribution is 0.365. The van der Waals surface area contributed by atoms with Gasteiger partial charge >= 0.3 is 0 Å². The molecule has 0 amide bonds. The first kappa shape index (κ1) is 10.5. The quantitative estimate of drug-likeness (QED) is 0.634. The van der Waals surface area contributed by atoms with Crippen LogP contribution in [0.1, 0.15) is 24.8 Å². The van der Waals surface area contributed by atoms with Crippen molar-refractivity contribution in [2.45, 2.75) is 31.7 Å². The predicted molar refractivity (Wildman–Crippen MR) is 70.4 cm³/mol. The van der Waals surface area contributed by atoms with Gasteiger partial charge in [0.25, 0.3) is 0 Å². The molecule has 0 spiro atoms. The zero-order valence-corrected chi connectivity index (χ0v) is 10.8. The lowest BCUT2D eigenvalue weighted by Crippen LogP contribution is -2.40. The maximum absolute atomic E-state index is 5.80. The van der Waals surface area contributed by atoms with Gasteiger partial charge < -0.3 is 0 Å². The van der Waals surface area contributed by atoms with E-state index in [0.29, 0.717) is 6.04 Å². The molecule has 17 heavy (non-hydrogen) atoms. The molecule has 92 valence electrons. The minimum absolute atomic E-state index is 0.517. The monoisotopic (exact) mass is 248 g/mol. The van der Waals surface area contributed by atoms with Crippen molar-refractivity contribution in [1.29, 1.82) is 0 Å². The van der Waals surface area contributed by atoms with Crippen LogP contribution >= 0.6 is 11.3 Å². The van der Waals surface area contributed by atoms with Crippen molar-refractivity contribution in [3.8, 4) is 0 Å². The number of thiophene rings is 1. The summed E-state index contributed by atoms with van der Waals surface area (Å²) in [4.78, 5) is 0. The van der Waals surface area contributed by atoms with E-state index in [1.165, 1.54) is 24.8 Å². The average molecular weight is 248 g/mol. The lowest BCUT2D eigenvalue weighted by Gasteiger charge is -2.19. The molecule has 4 rings (SSSR count). The second kappa shape index (κ2) is 3.81. The predicted octanol–water partition coefficient (Wildman–Crippen LogP) is 2.41. The molecular weight excluding hydrogens is 228 g/mol. The molecule has 3 fully saturated rings. The Bertz CT molecular complexity index is 386. The Kier molecular flexibility index (Phi) is 2.36. The average Bonchev–Trinajstić information content (AvgIpc) is 2.82. The fourth-order valence-corrected chi connectivity index (χ4v) is 5.58. The molecule has 3 saturated carbocycles. The molecule has 3 aliphatic carbocycles. The number of fused-ring (bicyclic) bond motifs is 5. The maximum atomic E-state index is 5.80. The molecule has 0 aromatic carbocycles. The highest BCUT2D eigenvalue weighted by molar-refractivity contribution is 7.07. The summed E-state index contributed by atoms with van der Waals surface area (Å²) in [5.41, 5.74) is 4.56. The highest BCUT2D eigenvalue weighted by Gasteiger charge is 2.66. The molecule has 0 aliphatic heterocycles. The van der Waals surface area contributed by atoms with Gasteiger partial charge in [-0.25, -0.2) is 0 Å². The van der Waals surface area contributed by atoms with E-state index in [1.807, 2.05) is 0 Å². The van der Waals surface area contributed by atoms with Crippen molar-refractivity contribution < 1.29 is 0 Å². The van der Waals surface area contributed by atoms with Crippen molar-refractivity contribution in [1.82, 2.24) is 5.43 Å². The van der Waals surface area contributed by atoms with E-state index in [-0.39, 0.29) is 0 Å². The molecule has 1 heterocycles. The third kappa shape index (κ3) is 1.52. The second-order valence-corrected chi connectivity index (χ2v) is 6.95. The molecule has 2 bridgehead atoms. The van der Waals surface area contributed by atoms with Crippen LogP contribution in [-0.4, -0.2) is 6.04 Å². The van der Waals surface area contributed by atoms with Gasteiger partial charge in [0.05, 0.1) is 0 Å². The van der Waals surface area contributed by atoms with E-state index in [1.54, 1.807) is 11.3 Å². The van der Waals surface area contributed by atoms with Gasteiger partial charge in [-0.3, -0.25) is 11.3 Å². The summed E-state index contributed by atoms with van der Waals surface area (Å²) in [6.07, 6.45) is 5.65. The zero-order chi connectivity index (χ0) is 11.4. The van der Waals surface area contributed by atoms with Gasteiger partial charge in [0.1, 0.15) is 0 Å². The number of nitrogens with one attached hydrogen (secondary N) is 1. The Labute approximate surface area is 107 Å². The van der Waals surface area contributed by atoms with Crippen LogP contribution in [0.15, 0.2) is 16.8 Å². The van der Waals surface area contributed by atoms with Crippen LogP contribution in [-0.2, 0) is 6.42 Å². The van der Waals surface area contributed by atoms with Crippen molar-refractivity contribution in [2.75, 3.05) is 0 Å². The lowest BCUT2D eigenvalue weighted by atomic mass is 9.94. The standard InChI is InChI=1S/C14H20N2S/c15-16-11(5-8-3-4-17-7-8)14-12-9-1-2-10(6-9)13(12)14/h3-4,7,9-14,16H,1-2,5-6,15H2. The third-order valence-corrected chi connectivity index (χ3v) is 6.24. The van der Waals surface area contributed by atoms with E-state index in [9.17, 15) is 0 Å². The maximum Gasteiger partial charge on any atom is 0.0285 e. The number of hydrogen-bond acceptors (Lipinski definition) is 3. The Morgan fingerprint density at radius 1 is 1.35 bits per heavy atom. The molecule has 1 aromatic rings. The molecule has 3 N–H and O–H groups in total. The molecule has 5 atom stereocenters. The van der Waals surface area contributed by atoms with Crippen LogP contribution in [0.2, 0.25) is 0 Å². The highest BCUT2D eigenvalue weighted by atomic mass is 32.1. The number of hydrazine groups is 1. The van der Waals surface area contributed by atoms with Crippen LogP contribution < -0.4 is 11.3 Å². The van der Waals surface area contributed by atoms with Gasteiger partial charge in [-0.05, 0) is 77.7 Å². The first-order valence-electron chi connectivity index (χ1n) is 6.85. The van der Waals surface area contributed by atoms with Crippen LogP contribution in [0.3, 0.4) is 0 Å². The summed E-state index contributed by atoms with van der Waals surface area (Å²) in [5, 5.41) is 4.43. The molecule has 2 nitrogen and oxygen atoms in total. The van der Waals surface area contributed by atoms with Crippen LogP contribution in [0.4, 0.5) is 0 Å². The fourth-order valence-electron chi connectivity index (χ4n) is 4.90. The summed E-state index contributed by atoms with van der Waals surface area (Å²) in [6.45, 7) is 0. The minimum atomic E-state index is 0.517. The van der Waals surface area contributed by atoms with E-state index in [0.717, 1.165) is 36.0 Å². The van der Waals surface area contributed by atoms with Gasteiger partial charge in [-0.1, -0.05) is 0 Å². The number of hydrogen-bond donors (Lipinski definition) is 2. The first-order chi connectivity index (χ1) is 8.38. The van der Waals surface area contributed by atoms with E-state index in [2.05, 4.69) is 22.3 Å². The Morgan fingerprint density at radius 2 is 2.12 bits per heavy atom. The summed E-state index contributed by atoms with van der Waals surface area (Å²) in [7, 11) is 0. The summed E-state index contributed by atoms with van der Waals surface area (Å²) < 4.78 is 0. The van der Waals surface area contributed by atoms with Crippen LogP contribution in [0, 0.1) is 29.6 Å². The van der Waals surface area contributed by atoms with E-state index < -0.39 is 0 Å². The highest BCUT2D eigenvalue weighted by Crippen LogP contribution is 2.70. The number of rotatable bonds is 4. The third-order valence-electron chi connectivity index (χ3n) is 5.51. The summed E-state index contributed by atoms with van der Waals surface area (Å²) >= 11 is 1.79. The molecule has 3 heteroatoms. The largest absolute Gasteiger partial charge is 0.271 e. The van der Waals surface area contributed by atoms with Crippen LogP contribution in [0.5, 0.6) is 0 Å². The van der Waals surface area contributed by atoms with Crippen molar-refractivity contribution >= 4 is 11.3 Å². The Hall–Kier alpha value is -0.380. The van der Waals surface area contributed by atoms with Crippen LogP contribution in [0.25, 0.3) is 0 Å². The van der Waals surface area contributed by atoms with E-state index in [4.69, 9.17) is 5.84 Å². The van der Waals surface area contributed by atoms with Gasteiger partial charge in [0.2, 0.25) is 0 Å². The smallest absolute Gasteiger partial charge is 0.0285 e. The minimum Gasteiger partial charge on any atom is -0.271 e. The molecule has 1 aromatic heterocycles. The molecule has 0 saturated heterocycles. The molecule has 0 radical (unpaired) electrons. The Morgan fingerprint density at radius 3 is 2.71 bits per heavy atom. The van der Waals surface area contributed by atoms with Gasteiger partial charge in [-0.2, -0.15) is 11.3 Å². The van der Waals surface area contributed by atoms with Gasteiger partial charge in [0.15, 0.2) is 0 Å². The molecular formula is C14H20N2S. The summed E-state index contributed by atoms with van der Waals surface area (Å²) in [6, 6.07) is 2.75. The van der Waals surface area contributed by atoms with Gasteiger partial charge in [0, 0.05) is 6.04 Å². The fraction of sp³-hybridized carbons (Fsp3) is 0.714. The topological polar surface area (TPSA) is 38.0 Å². The molecule has 3 aliphatic rings. The number of nitrogens with two attached hydrogens (primary N) is 1. The SMILES string of the molecule is NNC(Cc1ccsc1)C1C2C3CCC(C3)C21. The summed E-state index contributed by atoms with van der Waals surface area (Å²) in [5.74, 6) is 10.8. The Balaban J connectivity index is 1.48. The molecule has 5 unspecified atom stereocenters. The van der Waals surface area contributed by atoms with E-state index >= 15 is 0 Å². The zero-order valence-electron chi connectivity index (χ0n) is 10.0. The van der Waals surface area contributed by atoms with Crippen molar-refractivity contribution in [3.63, 3.8) is 0 Å². The van der Waals surface area contributed by atoms with Crippen molar-refractivity contribution in [2.24, 2.45) is 35.4 Å².